The van der Waals surface area contributed by atoms with E-state index in [0.717, 1.165) is 21.9 Å². The second-order valence-electron chi connectivity index (χ2n) is 4.13. The molecule has 2 rings (SSSR count). The van der Waals surface area contributed by atoms with Crippen molar-refractivity contribution in [2.24, 2.45) is 5.84 Å². The molecule has 4 N–H and O–H groups in total. The molecule has 102 valence electrons. The van der Waals surface area contributed by atoms with Crippen molar-refractivity contribution in [2.75, 3.05) is 7.11 Å². The molecule has 0 saturated heterocycles. The first-order valence-electron chi connectivity index (χ1n) is 5.82. The lowest BCUT2D eigenvalue weighted by atomic mass is 10.3. The van der Waals surface area contributed by atoms with Gasteiger partial charge in [-0.25, -0.2) is 10.8 Å². The van der Waals surface area contributed by atoms with E-state index >= 15 is 0 Å². The van der Waals surface area contributed by atoms with Crippen LogP contribution in [0, 0.1) is 0 Å². The van der Waals surface area contributed by atoms with Crippen molar-refractivity contribution in [1.29, 1.82) is 0 Å². The quantitative estimate of drug-likeness (QED) is 0.333. The standard InChI is InChI=1S/C12H16N4O2S/c1-7(5-11(17)16-13)19-12-14-9-4-3-8(18-2)6-10(9)15-12/h3-4,6-7H,5,13H2,1-2H3,(H,14,15)(H,16,17). The van der Waals surface area contributed by atoms with E-state index in [1.165, 1.54) is 11.8 Å². The number of nitrogens with one attached hydrogen (secondary N) is 2. The second kappa shape index (κ2) is 5.94. The summed E-state index contributed by atoms with van der Waals surface area (Å²) in [5, 5.41) is 0.867. The average Bonchev–Trinajstić information content (AvgIpc) is 2.78. The number of nitrogens with two attached hydrogens (primary N) is 1. The number of fused-ring (bicyclic) bond motifs is 1. The number of benzene rings is 1. The Hall–Kier alpha value is -1.73. The van der Waals surface area contributed by atoms with Crippen LogP contribution in [0.2, 0.25) is 0 Å². The summed E-state index contributed by atoms with van der Waals surface area (Å²) in [5.74, 6) is 5.66. The van der Waals surface area contributed by atoms with Gasteiger partial charge in [0, 0.05) is 17.7 Å². The van der Waals surface area contributed by atoms with E-state index in [2.05, 4.69) is 15.4 Å². The van der Waals surface area contributed by atoms with Gasteiger partial charge in [0.1, 0.15) is 5.75 Å². The summed E-state index contributed by atoms with van der Waals surface area (Å²) in [6.45, 7) is 1.95. The van der Waals surface area contributed by atoms with Crippen molar-refractivity contribution < 1.29 is 9.53 Å². The zero-order valence-electron chi connectivity index (χ0n) is 10.8. The van der Waals surface area contributed by atoms with Crippen LogP contribution in [-0.2, 0) is 4.79 Å². The van der Waals surface area contributed by atoms with E-state index < -0.39 is 0 Å². The van der Waals surface area contributed by atoms with Gasteiger partial charge in [-0.05, 0) is 12.1 Å². The molecule has 1 atom stereocenters. The van der Waals surface area contributed by atoms with Crippen molar-refractivity contribution in [3.8, 4) is 5.75 Å². The molecule has 6 nitrogen and oxygen atoms in total. The van der Waals surface area contributed by atoms with Gasteiger partial charge < -0.3 is 9.72 Å². The monoisotopic (exact) mass is 280 g/mol. The summed E-state index contributed by atoms with van der Waals surface area (Å²) in [6.07, 6.45) is 0.349. The fourth-order valence-electron chi connectivity index (χ4n) is 1.70. The lowest BCUT2D eigenvalue weighted by molar-refractivity contribution is -0.121. The number of imidazole rings is 1. The van der Waals surface area contributed by atoms with E-state index in [-0.39, 0.29) is 11.2 Å². The van der Waals surface area contributed by atoms with Crippen LogP contribution >= 0.6 is 11.8 Å². The van der Waals surface area contributed by atoms with Crippen LogP contribution < -0.4 is 16.0 Å². The highest BCUT2D eigenvalue weighted by Gasteiger charge is 2.12. The third kappa shape index (κ3) is 3.39. The van der Waals surface area contributed by atoms with E-state index in [1.54, 1.807) is 7.11 Å². The highest BCUT2D eigenvalue weighted by Crippen LogP contribution is 2.26. The van der Waals surface area contributed by atoms with E-state index in [0.29, 0.717) is 6.42 Å². The van der Waals surface area contributed by atoms with Gasteiger partial charge in [-0.1, -0.05) is 18.7 Å². The molecule has 1 aromatic carbocycles. The molecule has 0 spiro atoms. The smallest absolute Gasteiger partial charge is 0.234 e. The number of aromatic amines is 1. The van der Waals surface area contributed by atoms with E-state index in [4.69, 9.17) is 10.6 Å². The molecular formula is C12H16N4O2S. The number of amides is 1. The van der Waals surface area contributed by atoms with Crippen LogP contribution in [0.15, 0.2) is 23.4 Å². The van der Waals surface area contributed by atoms with Gasteiger partial charge in [-0.15, -0.1) is 0 Å². The number of carbonyl (C=O) groups is 1. The van der Waals surface area contributed by atoms with Crippen molar-refractivity contribution in [2.45, 2.75) is 23.8 Å². The summed E-state index contributed by atoms with van der Waals surface area (Å²) >= 11 is 1.50. The molecule has 1 heterocycles. The number of ether oxygens (including phenoxy) is 1. The topological polar surface area (TPSA) is 93.0 Å². The summed E-state index contributed by atoms with van der Waals surface area (Å²) in [5.41, 5.74) is 3.91. The van der Waals surface area contributed by atoms with Gasteiger partial charge in [-0.3, -0.25) is 10.2 Å². The Bertz CT molecular complexity index is 584. The predicted molar refractivity (Wildman–Crippen MR) is 74.9 cm³/mol. The summed E-state index contributed by atoms with van der Waals surface area (Å²) in [7, 11) is 1.63. The zero-order chi connectivity index (χ0) is 13.8. The molecular weight excluding hydrogens is 264 g/mol. The molecule has 0 radical (unpaired) electrons. The van der Waals surface area contributed by atoms with Crippen molar-refractivity contribution in [3.05, 3.63) is 18.2 Å². The van der Waals surface area contributed by atoms with Crippen molar-refractivity contribution >= 4 is 28.7 Å². The number of rotatable bonds is 5. The molecule has 0 fully saturated rings. The number of methoxy groups -OCH3 is 1. The summed E-state index contributed by atoms with van der Waals surface area (Å²) < 4.78 is 5.16. The molecule has 1 unspecified atom stereocenters. The van der Waals surface area contributed by atoms with Crippen LogP contribution in [0.25, 0.3) is 11.0 Å². The molecule has 1 aromatic heterocycles. The highest BCUT2D eigenvalue weighted by atomic mass is 32.2. The summed E-state index contributed by atoms with van der Waals surface area (Å²) in [4.78, 5) is 18.8. The number of thioether (sulfide) groups is 1. The van der Waals surface area contributed by atoms with Crippen molar-refractivity contribution in [3.63, 3.8) is 0 Å². The number of hydrogen-bond acceptors (Lipinski definition) is 5. The zero-order valence-corrected chi connectivity index (χ0v) is 11.6. The van der Waals surface area contributed by atoms with Gasteiger partial charge in [0.05, 0.1) is 18.1 Å². The maximum Gasteiger partial charge on any atom is 0.234 e. The van der Waals surface area contributed by atoms with Gasteiger partial charge >= 0.3 is 0 Å². The maximum atomic E-state index is 11.2. The van der Waals surface area contributed by atoms with Gasteiger partial charge in [0.25, 0.3) is 0 Å². The predicted octanol–water partition coefficient (Wildman–Crippen LogP) is 1.43. The Labute approximate surface area is 115 Å². The Morgan fingerprint density at radius 1 is 1.63 bits per heavy atom. The summed E-state index contributed by atoms with van der Waals surface area (Å²) in [6, 6.07) is 5.65. The number of nitrogens with zero attached hydrogens (tertiary/aromatic N) is 1. The Balaban J connectivity index is 2.10. The first-order chi connectivity index (χ1) is 9.12. The van der Waals surface area contributed by atoms with Crippen LogP contribution in [0.3, 0.4) is 0 Å². The molecule has 1 amide bonds. The van der Waals surface area contributed by atoms with Crippen molar-refractivity contribution in [1.82, 2.24) is 15.4 Å². The maximum absolute atomic E-state index is 11.2. The number of H-pyrrole nitrogens is 1. The SMILES string of the molecule is COc1ccc2nc(SC(C)CC(=O)NN)[nH]c2c1. The Morgan fingerprint density at radius 3 is 3.11 bits per heavy atom. The lowest BCUT2D eigenvalue weighted by Crippen LogP contribution is -2.31. The first-order valence-corrected chi connectivity index (χ1v) is 6.70. The third-order valence-electron chi connectivity index (χ3n) is 2.61. The third-order valence-corrected chi connectivity index (χ3v) is 3.60. The molecule has 19 heavy (non-hydrogen) atoms. The van der Waals surface area contributed by atoms with E-state index in [9.17, 15) is 4.79 Å². The average molecular weight is 280 g/mol. The van der Waals surface area contributed by atoms with Gasteiger partial charge in [-0.2, -0.15) is 0 Å². The molecule has 7 heteroatoms. The van der Waals surface area contributed by atoms with E-state index in [1.807, 2.05) is 25.1 Å². The van der Waals surface area contributed by atoms with Gasteiger partial charge in [0.2, 0.25) is 5.91 Å². The number of carbonyl (C=O) groups excluding carboxylic acids is 1. The Morgan fingerprint density at radius 2 is 2.42 bits per heavy atom. The Kier molecular flexibility index (Phi) is 4.28. The molecule has 0 aliphatic carbocycles. The van der Waals surface area contributed by atoms with Gasteiger partial charge in [0.15, 0.2) is 5.16 Å². The normalized spacial score (nSPS) is 12.4. The second-order valence-corrected chi connectivity index (χ2v) is 5.55. The molecule has 0 saturated carbocycles. The number of hydrazine groups is 1. The number of hydrogen-bond donors (Lipinski definition) is 3. The minimum atomic E-state index is -0.183. The molecule has 0 bridgehead atoms. The number of aromatic nitrogens is 2. The van der Waals surface area contributed by atoms with Crippen LogP contribution in [0.5, 0.6) is 5.75 Å². The van der Waals surface area contributed by atoms with Crippen LogP contribution in [0.4, 0.5) is 0 Å². The lowest BCUT2D eigenvalue weighted by Gasteiger charge is -2.06. The largest absolute Gasteiger partial charge is 0.497 e. The first kappa shape index (κ1) is 13.7. The molecule has 0 aliphatic heterocycles. The molecule has 2 aromatic rings. The fourth-order valence-corrected chi connectivity index (χ4v) is 2.64. The van der Waals surface area contributed by atoms with Crippen LogP contribution in [-0.4, -0.2) is 28.2 Å². The highest BCUT2D eigenvalue weighted by molar-refractivity contribution is 7.99. The fraction of sp³-hybridized carbons (Fsp3) is 0.333. The molecule has 0 aliphatic rings. The van der Waals surface area contributed by atoms with Crippen LogP contribution in [0.1, 0.15) is 13.3 Å². The minimum Gasteiger partial charge on any atom is -0.497 e. The minimum absolute atomic E-state index is 0.0889.